The monoisotopic (exact) mass is 348 g/mol. The van der Waals surface area contributed by atoms with Crippen LogP contribution >= 0.6 is 0 Å². The Morgan fingerprint density at radius 2 is 2.04 bits per heavy atom. The first kappa shape index (κ1) is 16.5. The molecule has 1 fully saturated rings. The predicted molar refractivity (Wildman–Crippen MR) is 101 cm³/mol. The molecule has 0 saturated carbocycles. The Morgan fingerprint density at radius 1 is 1.19 bits per heavy atom. The largest absolute Gasteiger partial charge is 0.491 e. The number of hydrogen-bond donors (Lipinski definition) is 1. The third kappa shape index (κ3) is 3.83. The second kappa shape index (κ2) is 7.54. The van der Waals surface area contributed by atoms with Crippen molar-refractivity contribution in [2.45, 2.75) is 18.9 Å². The summed E-state index contributed by atoms with van der Waals surface area (Å²) in [7, 11) is 0. The lowest BCUT2D eigenvalue weighted by Gasteiger charge is -2.12. The van der Waals surface area contributed by atoms with Crippen molar-refractivity contribution >= 4 is 22.5 Å². The summed E-state index contributed by atoms with van der Waals surface area (Å²) in [5.41, 5.74) is 2.15. The van der Waals surface area contributed by atoms with Crippen LogP contribution in [0.5, 0.6) is 5.75 Å². The van der Waals surface area contributed by atoms with Gasteiger partial charge in [0.2, 0.25) is 0 Å². The zero-order valence-electron chi connectivity index (χ0n) is 14.4. The van der Waals surface area contributed by atoms with Gasteiger partial charge in [-0.1, -0.05) is 18.2 Å². The lowest BCUT2D eigenvalue weighted by atomic mass is 10.2. The van der Waals surface area contributed by atoms with Crippen molar-refractivity contribution in [3.63, 3.8) is 0 Å². The van der Waals surface area contributed by atoms with E-state index in [0.717, 1.165) is 36.1 Å². The Morgan fingerprint density at radius 3 is 2.85 bits per heavy atom. The fourth-order valence-corrected chi connectivity index (χ4v) is 3.01. The number of anilines is 1. The number of hydrogen-bond acceptors (Lipinski definition) is 4. The number of aromatic nitrogens is 1. The van der Waals surface area contributed by atoms with Crippen molar-refractivity contribution < 1.29 is 14.3 Å². The van der Waals surface area contributed by atoms with E-state index in [4.69, 9.17) is 9.47 Å². The van der Waals surface area contributed by atoms with Gasteiger partial charge < -0.3 is 14.8 Å². The Balaban J connectivity index is 1.38. The maximum absolute atomic E-state index is 12.4. The number of nitrogens with one attached hydrogen (secondary N) is 1. The lowest BCUT2D eigenvalue weighted by Crippen LogP contribution is -2.16. The second-order valence-electron chi connectivity index (χ2n) is 6.34. The summed E-state index contributed by atoms with van der Waals surface area (Å²) < 4.78 is 11.3. The number of amides is 1. The van der Waals surface area contributed by atoms with Crippen LogP contribution in [0.4, 0.5) is 5.69 Å². The molecule has 1 aliphatic rings. The van der Waals surface area contributed by atoms with E-state index in [1.54, 1.807) is 18.3 Å². The van der Waals surface area contributed by atoms with Gasteiger partial charge in [0.05, 0.1) is 23.5 Å². The van der Waals surface area contributed by atoms with Crippen LogP contribution in [0.25, 0.3) is 10.9 Å². The highest BCUT2D eigenvalue weighted by atomic mass is 16.5. The first-order valence-corrected chi connectivity index (χ1v) is 8.78. The van der Waals surface area contributed by atoms with E-state index < -0.39 is 0 Å². The van der Waals surface area contributed by atoms with E-state index in [-0.39, 0.29) is 12.0 Å². The van der Waals surface area contributed by atoms with Gasteiger partial charge in [0.25, 0.3) is 5.91 Å². The molecule has 0 spiro atoms. The number of rotatable bonds is 5. The molecule has 1 aromatic heterocycles. The number of benzene rings is 2. The van der Waals surface area contributed by atoms with Crippen molar-refractivity contribution in [1.29, 1.82) is 0 Å². The summed E-state index contributed by atoms with van der Waals surface area (Å²) in [5.74, 6) is 0.567. The van der Waals surface area contributed by atoms with E-state index in [2.05, 4.69) is 10.3 Å². The quantitative estimate of drug-likeness (QED) is 0.756. The predicted octanol–water partition coefficient (Wildman–Crippen LogP) is 4.04. The Hall–Kier alpha value is -2.92. The molecule has 0 bridgehead atoms. The minimum Gasteiger partial charge on any atom is -0.491 e. The van der Waals surface area contributed by atoms with E-state index in [0.29, 0.717) is 17.9 Å². The first-order valence-electron chi connectivity index (χ1n) is 8.78. The zero-order chi connectivity index (χ0) is 17.8. The highest BCUT2D eigenvalue weighted by molar-refractivity contribution is 6.04. The van der Waals surface area contributed by atoms with Crippen molar-refractivity contribution in [1.82, 2.24) is 4.98 Å². The molecule has 5 heteroatoms. The van der Waals surface area contributed by atoms with Crippen LogP contribution < -0.4 is 10.1 Å². The molecule has 4 rings (SSSR count). The molecule has 0 radical (unpaired) electrons. The van der Waals surface area contributed by atoms with Crippen LogP contribution in [-0.2, 0) is 4.74 Å². The van der Waals surface area contributed by atoms with Crippen molar-refractivity contribution in [3.05, 3.63) is 66.4 Å². The van der Waals surface area contributed by atoms with Gasteiger partial charge in [0.15, 0.2) is 0 Å². The molecule has 1 N–H and O–H groups in total. The van der Waals surface area contributed by atoms with Gasteiger partial charge in [-0.25, -0.2) is 0 Å². The maximum Gasteiger partial charge on any atom is 0.255 e. The average molecular weight is 348 g/mol. The lowest BCUT2D eigenvalue weighted by molar-refractivity contribution is 0.0679. The van der Waals surface area contributed by atoms with Gasteiger partial charge in [-0.3, -0.25) is 9.78 Å². The van der Waals surface area contributed by atoms with Crippen LogP contribution in [0.1, 0.15) is 23.2 Å². The number of nitrogens with zero attached hydrogens (tertiary/aromatic N) is 1. The molecular weight excluding hydrogens is 328 g/mol. The maximum atomic E-state index is 12.4. The first-order chi connectivity index (χ1) is 12.8. The molecule has 3 aromatic rings. The molecule has 0 aliphatic carbocycles. The normalized spacial score (nSPS) is 16.5. The molecule has 2 heterocycles. The second-order valence-corrected chi connectivity index (χ2v) is 6.34. The summed E-state index contributed by atoms with van der Waals surface area (Å²) in [6, 6.07) is 16.9. The minimum atomic E-state index is -0.173. The summed E-state index contributed by atoms with van der Waals surface area (Å²) in [4.78, 5) is 16.8. The van der Waals surface area contributed by atoms with Gasteiger partial charge in [-0.2, -0.15) is 0 Å². The smallest absolute Gasteiger partial charge is 0.255 e. The third-order valence-corrected chi connectivity index (χ3v) is 4.42. The number of para-hydroxylation sites is 1. The van der Waals surface area contributed by atoms with Crippen molar-refractivity contribution in [3.8, 4) is 5.75 Å². The third-order valence-electron chi connectivity index (χ3n) is 4.42. The molecule has 1 aliphatic heterocycles. The highest BCUT2D eigenvalue weighted by Gasteiger charge is 2.16. The van der Waals surface area contributed by atoms with Crippen LogP contribution in [0.3, 0.4) is 0 Å². The van der Waals surface area contributed by atoms with Crippen molar-refractivity contribution in [2.75, 3.05) is 18.5 Å². The van der Waals surface area contributed by atoms with E-state index in [9.17, 15) is 4.79 Å². The minimum absolute atomic E-state index is 0.173. The summed E-state index contributed by atoms with van der Waals surface area (Å²) >= 11 is 0. The fraction of sp³-hybridized carbons (Fsp3) is 0.238. The molecule has 1 saturated heterocycles. The van der Waals surface area contributed by atoms with E-state index in [1.165, 1.54) is 0 Å². The van der Waals surface area contributed by atoms with Gasteiger partial charge in [-0.05, 0) is 49.2 Å². The van der Waals surface area contributed by atoms with Crippen LogP contribution in [0.15, 0.2) is 60.8 Å². The Kier molecular flexibility index (Phi) is 4.80. The van der Waals surface area contributed by atoms with Gasteiger partial charge in [-0.15, -0.1) is 0 Å². The Labute approximate surface area is 152 Å². The molecule has 1 atom stereocenters. The molecule has 5 nitrogen and oxygen atoms in total. The molecular formula is C21H20N2O3. The fourth-order valence-electron chi connectivity index (χ4n) is 3.01. The Bertz CT molecular complexity index is 903. The number of fused-ring (bicyclic) bond motifs is 1. The zero-order valence-corrected chi connectivity index (χ0v) is 14.4. The van der Waals surface area contributed by atoms with Gasteiger partial charge >= 0.3 is 0 Å². The van der Waals surface area contributed by atoms with Crippen LogP contribution in [0, 0.1) is 0 Å². The van der Waals surface area contributed by atoms with E-state index in [1.807, 2.05) is 42.5 Å². The molecule has 2 aromatic carbocycles. The van der Waals surface area contributed by atoms with E-state index >= 15 is 0 Å². The molecule has 1 amide bonds. The number of pyridine rings is 1. The summed E-state index contributed by atoms with van der Waals surface area (Å²) in [6.07, 6.45) is 3.98. The van der Waals surface area contributed by atoms with Gasteiger partial charge in [0, 0.05) is 17.6 Å². The van der Waals surface area contributed by atoms with Crippen molar-refractivity contribution in [2.24, 2.45) is 0 Å². The van der Waals surface area contributed by atoms with Crippen LogP contribution in [-0.4, -0.2) is 30.2 Å². The number of ether oxygens (including phenoxy) is 2. The topological polar surface area (TPSA) is 60.5 Å². The standard InChI is InChI=1S/C21H20N2O3/c24-21(23-17-12-16-4-1-2-6-20(16)22-13-17)15-7-9-18(10-8-15)26-14-19-5-3-11-25-19/h1-2,4,6-10,12-13,19H,3,5,11,14H2,(H,23,24)/t19-/m0/s1. The summed E-state index contributed by atoms with van der Waals surface area (Å²) in [6.45, 7) is 1.37. The SMILES string of the molecule is O=C(Nc1cnc2ccccc2c1)c1ccc(OC[C@@H]2CCCO2)cc1. The highest BCUT2D eigenvalue weighted by Crippen LogP contribution is 2.19. The molecule has 0 unspecified atom stereocenters. The number of carbonyl (C=O) groups excluding carboxylic acids is 1. The summed E-state index contributed by atoms with van der Waals surface area (Å²) in [5, 5.41) is 3.87. The number of carbonyl (C=O) groups is 1. The molecule has 132 valence electrons. The van der Waals surface area contributed by atoms with Crippen LogP contribution in [0.2, 0.25) is 0 Å². The molecule has 26 heavy (non-hydrogen) atoms. The van der Waals surface area contributed by atoms with Gasteiger partial charge in [0.1, 0.15) is 12.4 Å². The average Bonchev–Trinajstić information content (AvgIpc) is 3.20.